The fourth-order valence-corrected chi connectivity index (χ4v) is 2.71. The van der Waals surface area contributed by atoms with Crippen LogP contribution < -0.4 is 5.73 Å². The highest BCUT2D eigenvalue weighted by atomic mass is 127. The van der Waals surface area contributed by atoms with Gasteiger partial charge in [-0.2, -0.15) is 4.98 Å². The van der Waals surface area contributed by atoms with Gasteiger partial charge < -0.3 is 10.3 Å². The van der Waals surface area contributed by atoms with E-state index in [1.807, 2.05) is 42.5 Å². The molecule has 0 unspecified atom stereocenters. The van der Waals surface area contributed by atoms with E-state index in [9.17, 15) is 0 Å². The molecule has 0 aliphatic carbocycles. The van der Waals surface area contributed by atoms with Crippen molar-refractivity contribution in [3.8, 4) is 22.8 Å². The van der Waals surface area contributed by atoms with Crippen LogP contribution in [0, 0.1) is 3.57 Å². The van der Waals surface area contributed by atoms with Crippen molar-refractivity contribution in [2.45, 2.75) is 0 Å². The van der Waals surface area contributed by atoms with Gasteiger partial charge in [0.25, 0.3) is 5.89 Å². The third-order valence-corrected chi connectivity index (χ3v) is 4.15. The van der Waals surface area contributed by atoms with Crippen LogP contribution in [-0.2, 0) is 0 Å². The second-order valence-electron chi connectivity index (χ2n) is 4.13. The summed E-state index contributed by atoms with van der Waals surface area (Å²) in [4.78, 5) is 4.42. The molecule has 0 aliphatic rings. The Morgan fingerprint density at radius 1 is 1.10 bits per heavy atom. The second-order valence-corrected chi connectivity index (χ2v) is 6.23. The van der Waals surface area contributed by atoms with Gasteiger partial charge in [0, 0.05) is 19.3 Å². The molecule has 0 radical (unpaired) electrons. The summed E-state index contributed by atoms with van der Waals surface area (Å²) < 4.78 is 7.35. The number of rotatable bonds is 2. The number of halogens is 2. The van der Waals surface area contributed by atoms with E-state index < -0.39 is 0 Å². The van der Waals surface area contributed by atoms with Gasteiger partial charge in [-0.15, -0.1) is 0 Å². The molecule has 20 heavy (non-hydrogen) atoms. The predicted octanol–water partition coefficient (Wildman–Crippen LogP) is 4.35. The van der Waals surface area contributed by atoms with Gasteiger partial charge in [0.15, 0.2) is 0 Å². The lowest BCUT2D eigenvalue weighted by atomic mass is 10.2. The average Bonchev–Trinajstić information content (AvgIpc) is 2.91. The van der Waals surface area contributed by atoms with E-state index in [4.69, 9.17) is 10.3 Å². The van der Waals surface area contributed by atoms with Gasteiger partial charge in [-0.3, -0.25) is 0 Å². The van der Waals surface area contributed by atoms with Crippen molar-refractivity contribution in [2.75, 3.05) is 5.73 Å². The summed E-state index contributed by atoms with van der Waals surface area (Å²) in [6.07, 6.45) is 0. The lowest BCUT2D eigenvalue weighted by Crippen LogP contribution is -1.90. The lowest BCUT2D eigenvalue weighted by molar-refractivity contribution is 0.432. The van der Waals surface area contributed by atoms with Crippen molar-refractivity contribution in [2.24, 2.45) is 0 Å². The average molecular weight is 442 g/mol. The number of hydrogen-bond donors (Lipinski definition) is 1. The molecule has 4 nitrogen and oxygen atoms in total. The summed E-state index contributed by atoms with van der Waals surface area (Å²) in [7, 11) is 0. The highest BCUT2D eigenvalue weighted by Crippen LogP contribution is 2.31. The zero-order valence-corrected chi connectivity index (χ0v) is 13.9. The molecule has 1 heterocycles. The van der Waals surface area contributed by atoms with E-state index in [-0.39, 0.29) is 0 Å². The van der Waals surface area contributed by atoms with Crippen LogP contribution in [0.3, 0.4) is 0 Å². The predicted molar refractivity (Wildman–Crippen MR) is 90.0 cm³/mol. The molecule has 0 aliphatic heterocycles. The SMILES string of the molecule is Nc1ccccc1-c1noc(-c2cc(I)ccc2Br)n1. The Morgan fingerprint density at radius 3 is 2.70 bits per heavy atom. The van der Waals surface area contributed by atoms with Crippen LogP contribution in [0.1, 0.15) is 0 Å². The van der Waals surface area contributed by atoms with Crippen molar-refractivity contribution in [3.63, 3.8) is 0 Å². The normalized spacial score (nSPS) is 10.7. The van der Waals surface area contributed by atoms with E-state index in [0.29, 0.717) is 17.4 Å². The van der Waals surface area contributed by atoms with Crippen molar-refractivity contribution in [3.05, 3.63) is 50.5 Å². The minimum atomic E-state index is 0.466. The Labute approximate surface area is 137 Å². The molecule has 0 spiro atoms. The molecular weight excluding hydrogens is 433 g/mol. The summed E-state index contributed by atoms with van der Waals surface area (Å²) in [6.45, 7) is 0. The number of hydrogen-bond acceptors (Lipinski definition) is 4. The fourth-order valence-electron chi connectivity index (χ4n) is 1.80. The zero-order valence-electron chi connectivity index (χ0n) is 10.2. The molecule has 0 atom stereocenters. The van der Waals surface area contributed by atoms with Crippen molar-refractivity contribution < 1.29 is 4.52 Å². The van der Waals surface area contributed by atoms with Gasteiger partial charge >= 0.3 is 0 Å². The van der Waals surface area contributed by atoms with Gasteiger partial charge in [-0.1, -0.05) is 17.3 Å². The molecule has 0 amide bonds. The zero-order chi connectivity index (χ0) is 14.1. The van der Waals surface area contributed by atoms with Gasteiger partial charge in [-0.05, 0) is 68.9 Å². The maximum Gasteiger partial charge on any atom is 0.259 e. The first-order chi connectivity index (χ1) is 9.65. The topological polar surface area (TPSA) is 64.9 Å². The molecule has 2 aromatic carbocycles. The number of aromatic nitrogens is 2. The number of nitrogen functional groups attached to an aromatic ring is 1. The van der Waals surface area contributed by atoms with Crippen LogP contribution in [0.2, 0.25) is 0 Å². The quantitative estimate of drug-likeness (QED) is 0.474. The van der Waals surface area contributed by atoms with E-state index in [1.54, 1.807) is 0 Å². The van der Waals surface area contributed by atoms with E-state index in [2.05, 4.69) is 48.7 Å². The summed E-state index contributed by atoms with van der Waals surface area (Å²) in [5, 5.41) is 4.01. The molecule has 3 aromatic rings. The molecule has 1 aromatic heterocycles. The van der Waals surface area contributed by atoms with Gasteiger partial charge in [0.1, 0.15) is 0 Å². The number of anilines is 1. The lowest BCUT2D eigenvalue weighted by Gasteiger charge is -1.99. The molecule has 2 N–H and O–H groups in total. The first-order valence-corrected chi connectivity index (χ1v) is 7.66. The largest absolute Gasteiger partial charge is 0.398 e. The Balaban J connectivity index is 2.07. The molecule has 100 valence electrons. The van der Waals surface area contributed by atoms with Crippen LogP contribution in [0.5, 0.6) is 0 Å². The smallest absolute Gasteiger partial charge is 0.259 e. The van der Waals surface area contributed by atoms with E-state index in [0.717, 1.165) is 19.2 Å². The summed E-state index contributed by atoms with van der Waals surface area (Å²) in [6, 6.07) is 13.4. The third-order valence-electron chi connectivity index (χ3n) is 2.79. The van der Waals surface area contributed by atoms with Crippen LogP contribution in [0.4, 0.5) is 5.69 Å². The standard InChI is InChI=1S/C14H9BrIN3O/c15-11-6-5-8(16)7-10(11)14-18-13(19-20-14)9-3-1-2-4-12(9)17/h1-7H,17H2. The molecule has 0 saturated heterocycles. The highest BCUT2D eigenvalue weighted by Gasteiger charge is 2.14. The molecule has 3 rings (SSSR count). The molecule has 6 heteroatoms. The first kappa shape index (κ1) is 13.6. The Hall–Kier alpha value is -1.41. The molecule has 0 fully saturated rings. The first-order valence-electron chi connectivity index (χ1n) is 5.79. The van der Waals surface area contributed by atoms with Crippen molar-refractivity contribution in [1.82, 2.24) is 10.1 Å². The van der Waals surface area contributed by atoms with Crippen LogP contribution >= 0.6 is 38.5 Å². The number of para-hydroxylation sites is 1. The summed E-state index contributed by atoms with van der Waals surface area (Å²) >= 11 is 5.73. The Kier molecular flexibility index (Phi) is 3.75. The summed E-state index contributed by atoms with van der Waals surface area (Å²) in [5.74, 6) is 0.956. The monoisotopic (exact) mass is 441 g/mol. The minimum absolute atomic E-state index is 0.466. The van der Waals surface area contributed by atoms with E-state index in [1.165, 1.54) is 0 Å². The number of benzene rings is 2. The fraction of sp³-hybridized carbons (Fsp3) is 0. The maximum atomic E-state index is 5.92. The molecule has 0 bridgehead atoms. The number of nitrogens with zero attached hydrogens (tertiary/aromatic N) is 2. The van der Waals surface area contributed by atoms with Crippen LogP contribution in [-0.4, -0.2) is 10.1 Å². The minimum Gasteiger partial charge on any atom is -0.398 e. The second kappa shape index (κ2) is 5.53. The summed E-state index contributed by atoms with van der Waals surface area (Å²) in [5.41, 5.74) is 8.18. The van der Waals surface area contributed by atoms with Gasteiger partial charge in [-0.25, -0.2) is 0 Å². The maximum absolute atomic E-state index is 5.92. The van der Waals surface area contributed by atoms with Crippen LogP contribution in [0.15, 0.2) is 51.5 Å². The highest BCUT2D eigenvalue weighted by molar-refractivity contribution is 14.1. The molecule has 0 saturated carbocycles. The van der Waals surface area contributed by atoms with Crippen LogP contribution in [0.25, 0.3) is 22.8 Å². The third kappa shape index (κ3) is 2.57. The Morgan fingerprint density at radius 2 is 1.90 bits per heavy atom. The Bertz CT molecular complexity index is 773. The van der Waals surface area contributed by atoms with Crippen molar-refractivity contribution >= 4 is 44.2 Å². The van der Waals surface area contributed by atoms with Gasteiger partial charge in [0.05, 0.1) is 5.56 Å². The van der Waals surface area contributed by atoms with Crippen molar-refractivity contribution in [1.29, 1.82) is 0 Å². The molecular formula is C14H9BrIN3O. The number of nitrogens with two attached hydrogens (primary N) is 1. The van der Waals surface area contributed by atoms with E-state index >= 15 is 0 Å². The van der Waals surface area contributed by atoms with Gasteiger partial charge in [0.2, 0.25) is 5.82 Å².